The quantitative estimate of drug-likeness (QED) is 0.752. The molecule has 1 aliphatic heterocycles. The van der Waals surface area contributed by atoms with Crippen molar-refractivity contribution in [1.82, 2.24) is 19.3 Å². The molecule has 0 atom stereocenters. The lowest BCUT2D eigenvalue weighted by molar-refractivity contribution is 0.163. The van der Waals surface area contributed by atoms with Crippen molar-refractivity contribution in [2.45, 2.75) is 25.6 Å². The van der Waals surface area contributed by atoms with Gasteiger partial charge in [-0.05, 0) is 38.1 Å². The molecule has 0 saturated carbocycles. The zero-order valence-electron chi connectivity index (χ0n) is 15.3. The van der Waals surface area contributed by atoms with E-state index in [-0.39, 0.29) is 0 Å². The Bertz CT molecular complexity index is 825. The fourth-order valence-corrected chi connectivity index (χ4v) is 4.08. The molecule has 0 spiro atoms. The summed E-state index contributed by atoms with van der Waals surface area (Å²) in [5, 5.41) is 3.63. The Morgan fingerprint density at radius 3 is 2.38 bits per heavy atom. The second kappa shape index (κ2) is 7.73. The van der Waals surface area contributed by atoms with Crippen LogP contribution in [0.3, 0.4) is 0 Å². The molecular weight excluding hydrogens is 356 g/mol. The van der Waals surface area contributed by atoms with E-state index in [0.29, 0.717) is 44.4 Å². The molecule has 0 amide bonds. The molecule has 1 aromatic heterocycles. The van der Waals surface area contributed by atoms with Gasteiger partial charge in [0.25, 0.3) is 0 Å². The lowest BCUT2D eigenvalue weighted by Gasteiger charge is -2.34. The average Bonchev–Trinajstić information content (AvgIpc) is 3.10. The molecule has 0 bridgehead atoms. The Kier molecular flexibility index (Phi) is 5.59. The summed E-state index contributed by atoms with van der Waals surface area (Å²) < 4.78 is 36.5. The van der Waals surface area contributed by atoms with Crippen LogP contribution in [-0.2, 0) is 16.6 Å². The first-order valence-corrected chi connectivity index (χ1v) is 10.1. The fourth-order valence-electron chi connectivity index (χ4n) is 2.81. The third kappa shape index (κ3) is 4.05. The summed E-state index contributed by atoms with van der Waals surface area (Å²) in [7, 11) is -1.57. The molecule has 26 heavy (non-hydrogen) atoms. The van der Waals surface area contributed by atoms with Crippen LogP contribution in [0.5, 0.6) is 5.75 Å². The van der Waals surface area contributed by atoms with Gasteiger partial charge >= 0.3 is 0 Å². The maximum atomic E-state index is 12.2. The minimum absolute atomic E-state index is 0.392. The van der Waals surface area contributed by atoms with Gasteiger partial charge in [-0.25, -0.2) is 8.42 Å². The van der Waals surface area contributed by atoms with Crippen LogP contribution in [0.15, 0.2) is 28.8 Å². The Morgan fingerprint density at radius 1 is 1.15 bits per heavy atom. The number of aromatic nitrogens is 2. The number of nitrogens with zero attached hydrogens (tertiary/aromatic N) is 4. The number of hydrogen-bond donors (Lipinski definition) is 0. The highest BCUT2D eigenvalue weighted by Gasteiger charge is 2.29. The fraction of sp³-hybridized carbons (Fsp3) is 0.529. The van der Waals surface area contributed by atoms with Crippen molar-refractivity contribution in [2.75, 3.05) is 33.3 Å². The standard InChI is InChI=1S/C17H24N4O4S/c1-13(2)26(22,23)21-10-8-20(9-11-21)12-16-18-17(19-25-16)14-4-6-15(24-3)7-5-14/h4-7,13H,8-12H2,1-3H3. The SMILES string of the molecule is COc1ccc(-c2noc(CN3CCN(S(=O)(=O)C(C)C)CC3)n2)cc1. The van der Waals surface area contributed by atoms with Crippen molar-refractivity contribution in [3.63, 3.8) is 0 Å². The molecule has 2 heterocycles. The van der Waals surface area contributed by atoms with E-state index in [2.05, 4.69) is 15.0 Å². The smallest absolute Gasteiger partial charge is 0.241 e. The maximum Gasteiger partial charge on any atom is 0.241 e. The summed E-state index contributed by atoms with van der Waals surface area (Å²) >= 11 is 0. The number of piperazine rings is 1. The van der Waals surface area contributed by atoms with Crippen molar-refractivity contribution in [3.8, 4) is 17.1 Å². The summed E-state index contributed by atoms with van der Waals surface area (Å²) in [6, 6.07) is 7.45. The summed E-state index contributed by atoms with van der Waals surface area (Å²) in [6.45, 7) is 6.19. The van der Waals surface area contributed by atoms with Gasteiger partial charge in [0.2, 0.25) is 21.7 Å². The Labute approximate surface area is 153 Å². The van der Waals surface area contributed by atoms with E-state index in [1.807, 2.05) is 24.3 Å². The molecule has 1 aliphatic rings. The summed E-state index contributed by atoms with van der Waals surface area (Å²) in [5.74, 6) is 1.83. The normalized spacial score (nSPS) is 16.9. The van der Waals surface area contributed by atoms with E-state index in [1.54, 1.807) is 25.3 Å². The van der Waals surface area contributed by atoms with Gasteiger partial charge in [0.1, 0.15) is 5.75 Å². The number of hydrogen-bond acceptors (Lipinski definition) is 7. The number of rotatable bonds is 6. The Morgan fingerprint density at radius 2 is 1.81 bits per heavy atom. The maximum absolute atomic E-state index is 12.2. The summed E-state index contributed by atoms with van der Waals surface area (Å²) in [6.07, 6.45) is 0. The number of ether oxygens (including phenoxy) is 1. The lowest BCUT2D eigenvalue weighted by Crippen LogP contribution is -2.50. The molecule has 0 radical (unpaired) electrons. The zero-order valence-corrected chi connectivity index (χ0v) is 16.1. The van der Waals surface area contributed by atoms with Crippen LogP contribution < -0.4 is 4.74 Å². The van der Waals surface area contributed by atoms with Gasteiger partial charge in [-0.15, -0.1) is 0 Å². The highest BCUT2D eigenvalue weighted by molar-refractivity contribution is 7.89. The van der Waals surface area contributed by atoms with E-state index < -0.39 is 15.3 Å². The highest BCUT2D eigenvalue weighted by Crippen LogP contribution is 2.20. The van der Waals surface area contributed by atoms with E-state index in [1.165, 1.54) is 0 Å². The van der Waals surface area contributed by atoms with Gasteiger partial charge in [0.15, 0.2) is 0 Å². The molecule has 8 nitrogen and oxygen atoms in total. The summed E-state index contributed by atoms with van der Waals surface area (Å²) in [4.78, 5) is 6.56. The van der Waals surface area contributed by atoms with Crippen LogP contribution in [0, 0.1) is 0 Å². The van der Waals surface area contributed by atoms with E-state index >= 15 is 0 Å². The molecule has 0 aliphatic carbocycles. The molecule has 1 aromatic carbocycles. The van der Waals surface area contributed by atoms with Crippen LogP contribution >= 0.6 is 0 Å². The van der Waals surface area contributed by atoms with Gasteiger partial charge in [0.05, 0.1) is 18.9 Å². The van der Waals surface area contributed by atoms with E-state index in [9.17, 15) is 8.42 Å². The monoisotopic (exact) mass is 380 g/mol. The Hall–Kier alpha value is -1.97. The second-order valence-corrected chi connectivity index (χ2v) is 9.00. The van der Waals surface area contributed by atoms with Crippen molar-refractivity contribution in [3.05, 3.63) is 30.2 Å². The topological polar surface area (TPSA) is 88.8 Å². The Balaban J connectivity index is 1.58. The van der Waals surface area contributed by atoms with Gasteiger partial charge in [-0.3, -0.25) is 4.90 Å². The van der Waals surface area contributed by atoms with Crippen molar-refractivity contribution < 1.29 is 17.7 Å². The van der Waals surface area contributed by atoms with Crippen LogP contribution in [0.1, 0.15) is 19.7 Å². The molecule has 9 heteroatoms. The van der Waals surface area contributed by atoms with Crippen LogP contribution in [0.4, 0.5) is 0 Å². The van der Waals surface area contributed by atoms with Crippen molar-refractivity contribution >= 4 is 10.0 Å². The van der Waals surface area contributed by atoms with Crippen LogP contribution in [0.2, 0.25) is 0 Å². The predicted molar refractivity (Wildman–Crippen MR) is 97.2 cm³/mol. The van der Waals surface area contributed by atoms with Gasteiger partial charge in [0, 0.05) is 31.7 Å². The number of benzene rings is 1. The first-order chi connectivity index (χ1) is 12.4. The van der Waals surface area contributed by atoms with Gasteiger partial charge < -0.3 is 9.26 Å². The molecule has 0 N–H and O–H groups in total. The minimum atomic E-state index is -3.19. The van der Waals surface area contributed by atoms with E-state index in [0.717, 1.165) is 11.3 Å². The molecule has 142 valence electrons. The van der Waals surface area contributed by atoms with Gasteiger partial charge in [-0.2, -0.15) is 9.29 Å². The zero-order chi connectivity index (χ0) is 18.7. The molecule has 1 fully saturated rings. The third-order valence-corrected chi connectivity index (χ3v) is 6.74. The third-order valence-electron chi connectivity index (χ3n) is 4.46. The predicted octanol–water partition coefficient (Wildman–Crippen LogP) is 1.60. The molecule has 0 unspecified atom stereocenters. The van der Waals surface area contributed by atoms with Crippen LogP contribution in [0.25, 0.3) is 11.4 Å². The van der Waals surface area contributed by atoms with E-state index in [4.69, 9.17) is 9.26 Å². The molecule has 3 rings (SSSR count). The molecular formula is C17H24N4O4S. The largest absolute Gasteiger partial charge is 0.497 e. The van der Waals surface area contributed by atoms with Gasteiger partial charge in [-0.1, -0.05) is 5.16 Å². The second-order valence-electron chi connectivity index (χ2n) is 6.51. The summed E-state index contributed by atoms with van der Waals surface area (Å²) in [5.41, 5.74) is 0.855. The first-order valence-electron chi connectivity index (χ1n) is 8.58. The average molecular weight is 380 g/mol. The molecule has 2 aromatic rings. The van der Waals surface area contributed by atoms with Crippen LogP contribution in [-0.4, -0.2) is 66.3 Å². The van der Waals surface area contributed by atoms with Crippen molar-refractivity contribution in [2.24, 2.45) is 0 Å². The highest BCUT2D eigenvalue weighted by atomic mass is 32.2. The van der Waals surface area contributed by atoms with Crippen molar-refractivity contribution in [1.29, 1.82) is 0 Å². The first kappa shape index (κ1) is 18.8. The lowest BCUT2D eigenvalue weighted by atomic mass is 10.2. The molecule has 1 saturated heterocycles. The number of sulfonamides is 1. The minimum Gasteiger partial charge on any atom is -0.497 e. The number of methoxy groups -OCH3 is 1.